The molecule has 0 aromatic rings. The van der Waals surface area contributed by atoms with Crippen LogP contribution in [0.25, 0.3) is 0 Å². The summed E-state index contributed by atoms with van der Waals surface area (Å²) in [6.45, 7) is 3.29. The molecule has 0 radical (unpaired) electrons. The van der Waals surface area contributed by atoms with E-state index in [4.69, 9.17) is 0 Å². The van der Waals surface area contributed by atoms with Crippen molar-refractivity contribution in [1.29, 1.82) is 0 Å². The highest BCUT2D eigenvalue weighted by atomic mass is 19.1. The molecule has 3 fully saturated rings. The molecular formula is C20H27FO6. The zero-order chi connectivity index (χ0) is 20.0. The minimum absolute atomic E-state index is 0.0174. The van der Waals surface area contributed by atoms with Gasteiger partial charge in [-0.2, -0.15) is 0 Å². The Hall–Kier alpha value is -1.31. The predicted octanol–water partition coefficient (Wildman–Crippen LogP) is 1.37. The molecule has 0 bridgehead atoms. The third kappa shape index (κ3) is 1.95. The quantitative estimate of drug-likeness (QED) is 0.544. The summed E-state index contributed by atoms with van der Waals surface area (Å²) in [4.78, 5) is 23.7. The molecule has 0 aromatic heterocycles. The molecule has 3 unspecified atom stereocenters. The first-order valence-electron chi connectivity index (χ1n) is 9.67. The Kier molecular flexibility index (Phi) is 3.80. The van der Waals surface area contributed by atoms with E-state index in [1.54, 1.807) is 13.8 Å². The monoisotopic (exact) mass is 382 g/mol. The van der Waals surface area contributed by atoms with Crippen molar-refractivity contribution in [3.05, 3.63) is 11.6 Å². The number of carboxylic acid groups (broad SMARTS) is 1. The van der Waals surface area contributed by atoms with E-state index < -0.39 is 52.1 Å². The molecule has 6 nitrogen and oxygen atoms in total. The van der Waals surface area contributed by atoms with E-state index in [0.717, 1.165) is 0 Å². The molecule has 0 aliphatic heterocycles. The standard InChI is InChI=1S/C20H27FO6/c1-17-6-5-11(22)7-10(17)3-4-12-13-8-14(23)20(27,16(25)26)18(13,2)9-15(24)19(12,17)21/h7,12-15,23-24,27H,3-6,8-9H2,1-2H3,(H,25,26)/t12-,13-,14?,15?,17-,18-,19+,20?/m0/s1. The smallest absolute Gasteiger partial charge is 0.339 e. The lowest BCUT2D eigenvalue weighted by molar-refractivity contribution is -0.235. The van der Waals surface area contributed by atoms with Gasteiger partial charge in [0.25, 0.3) is 0 Å². The Balaban J connectivity index is 1.84. The fourth-order valence-corrected chi connectivity index (χ4v) is 6.97. The number of hydrogen-bond acceptors (Lipinski definition) is 5. The van der Waals surface area contributed by atoms with Crippen LogP contribution in [0.4, 0.5) is 4.39 Å². The molecule has 4 rings (SSSR count). The number of aliphatic carboxylic acids is 1. The van der Waals surface area contributed by atoms with E-state index in [0.29, 0.717) is 24.8 Å². The molecule has 7 heteroatoms. The summed E-state index contributed by atoms with van der Waals surface area (Å²) in [6.07, 6.45) is -0.383. The van der Waals surface area contributed by atoms with Gasteiger partial charge in [-0.25, -0.2) is 9.18 Å². The summed E-state index contributed by atoms with van der Waals surface area (Å²) in [7, 11) is 0. The zero-order valence-corrected chi connectivity index (χ0v) is 15.6. The Morgan fingerprint density at radius 3 is 2.48 bits per heavy atom. The fraction of sp³-hybridized carbons (Fsp3) is 0.800. The topological polar surface area (TPSA) is 115 Å². The van der Waals surface area contributed by atoms with Crippen LogP contribution < -0.4 is 0 Å². The number of aliphatic hydroxyl groups is 3. The molecule has 0 saturated heterocycles. The number of fused-ring (bicyclic) bond motifs is 5. The number of aliphatic hydroxyl groups excluding tert-OH is 2. The molecule has 4 N–H and O–H groups in total. The molecule has 3 saturated carbocycles. The van der Waals surface area contributed by atoms with Crippen molar-refractivity contribution in [2.24, 2.45) is 22.7 Å². The second-order valence-corrected chi connectivity index (χ2v) is 9.45. The maximum atomic E-state index is 16.7. The van der Waals surface area contributed by atoms with Crippen molar-refractivity contribution in [1.82, 2.24) is 0 Å². The summed E-state index contributed by atoms with van der Waals surface area (Å²) in [6, 6.07) is 0. The van der Waals surface area contributed by atoms with Gasteiger partial charge in [-0.1, -0.05) is 19.4 Å². The van der Waals surface area contributed by atoms with E-state index in [-0.39, 0.29) is 25.0 Å². The van der Waals surface area contributed by atoms with Crippen molar-refractivity contribution < 1.29 is 34.4 Å². The van der Waals surface area contributed by atoms with Crippen LogP contribution in [0.1, 0.15) is 52.4 Å². The number of allylic oxidation sites excluding steroid dienone is 1. The molecule has 0 aromatic carbocycles. The van der Waals surface area contributed by atoms with Gasteiger partial charge in [-0.05, 0) is 44.1 Å². The normalized spacial score (nSPS) is 54.6. The van der Waals surface area contributed by atoms with E-state index in [9.17, 15) is 30.0 Å². The Morgan fingerprint density at radius 1 is 1.19 bits per heavy atom. The van der Waals surface area contributed by atoms with Crippen molar-refractivity contribution in [3.63, 3.8) is 0 Å². The van der Waals surface area contributed by atoms with Crippen molar-refractivity contribution in [3.8, 4) is 0 Å². The van der Waals surface area contributed by atoms with Crippen LogP contribution >= 0.6 is 0 Å². The van der Waals surface area contributed by atoms with Gasteiger partial charge >= 0.3 is 5.97 Å². The number of alkyl halides is 1. The van der Waals surface area contributed by atoms with Crippen LogP contribution in [0.15, 0.2) is 11.6 Å². The summed E-state index contributed by atoms with van der Waals surface area (Å²) in [5.41, 5.74) is -6.06. The van der Waals surface area contributed by atoms with Gasteiger partial charge in [0.15, 0.2) is 11.4 Å². The summed E-state index contributed by atoms with van der Waals surface area (Å²) in [5, 5.41) is 41.9. The van der Waals surface area contributed by atoms with Crippen molar-refractivity contribution in [2.75, 3.05) is 0 Å². The van der Waals surface area contributed by atoms with E-state index in [1.807, 2.05) is 0 Å². The van der Waals surface area contributed by atoms with Gasteiger partial charge in [0.1, 0.15) is 5.67 Å². The Bertz CT molecular complexity index is 751. The van der Waals surface area contributed by atoms with Crippen LogP contribution in [0.5, 0.6) is 0 Å². The molecule has 0 spiro atoms. The molecule has 4 aliphatic rings. The molecule has 150 valence electrons. The largest absolute Gasteiger partial charge is 0.479 e. The SMILES string of the molecule is C[C@]12CC(O)[C@]3(F)[C@@H](CCC4=CC(=O)CC[C@@]43C)[C@@H]1CC(O)C2(O)C(=O)O. The number of carbonyl (C=O) groups excluding carboxylic acids is 1. The first-order valence-corrected chi connectivity index (χ1v) is 9.67. The highest BCUT2D eigenvalue weighted by Crippen LogP contribution is 2.70. The lowest BCUT2D eigenvalue weighted by Crippen LogP contribution is -2.70. The predicted molar refractivity (Wildman–Crippen MR) is 92.4 cm³/mol. The summed E-state index contributed by atoms with van der Waals surface area (Å²) >= 11 is 0. The first kappa shape index (κ1) is 19.0. The third-order valence-electron chi connectivity index (χ3n) is 8.59. The average Bonchev–Trinajstić information content (AvgIpc) is 2.79. The maximum Gasteiger partial charge on any atom is 0.339 e. The van der Waals surface area contributed by atoms with Gasteiger partial charge in [0.2, 0.25) is 0 Å². The Morgan fingerprint density at radius 2 is 1.85 bits per heavy atom. The first-order chi connectivity index (χ1) is 12.4. The lowest BCUT2D eigenvalue weighted by atomic mass is 9.44. The van der Waals surface area contributed by atoms with E-state index in [1.165, 1.54) is 6.08 Å². The second-order valence-electron chi connectivity index (χ2n) is 9.45. The van der Waals surface area contributed by atoms with Gasteiger partial charge < -0.3 is 20.4 Å². The van der Waals surface area contributed by atoms with Gasteiger partial charge in [0.05, 0.1) is 12.2 Å². The minimum Gasteiger partial charge on any atom is -0.479 e. The second kappa shape index (κ2) is 5.39. The van der Waals surface area contributed by atoms with Gasteiger partial charge in [0, 0.05) is 23.2 Å². The number of hydrogen-bond donors (Lipinski definition) is 4. The van der Waals surface area contributed by atoms with Crippen molar-refractivity contribution >= 4 is 11.8 Å². The number of halogens is 1. The van der Waals surface area contributed by atoms with E-state index >= 15 is 4.39 Å². The molecule has 4 aliphatic carbocycles. The molecular weight excluding hydrogens is 355 g/mol. The van der Waals surface area contributed by atoms with Crippen molar-refractivity contribution in [2.45, 2.75) is 75.9 Å². The van der Waals surface area contributed by atoms with E-state index in [2.05, 4.69) is 0 Å². The lowest BCUT2D eigenvalue weighted by Gasteiger charge is -2.63. The van der Waals surface area contributed by atoms with Crippen LogP contribution in [0.2, 0.25) is 0 Å². The maximum absolute atomic E-state index is 16.7. The number of carboxylic acids is 1. The van der Waals surface area contributed by atoms with Crippen LogP contribution in [0, 0.1) is 22.7 Å². The number of carbonyl (C=O) groups is 2. The van der Waals surface area contributed by atoms with Gasteiger partial charge in [-0.15, -0.1) is 0 Å². The Labute approximate surface area is 157 Å². The summed E-state index contributed by atoms with van der Waals surface area (Å²) < 4.78 is 16.7. The van der Waals surface area contributed by atoms with Gasteiger partial charge in [-0.3, -0.25) is 4.79 Å². The highest BCUT2D eigenvalue weighted by Gasteiger charge is 2.76. The zero-order valence-electron chi connectivity index (χ0n) is 15.6. The molecule has 27 heavy (non-hydrogen) atoms. The van der Waals surface area contributed by atoms with Crippen LogP contribution in [-0.2, 0) is 9.59 Å². The fourth-order valence-electron chi connectivity index (χ4n) is 6.97. The molecule has 0 heterocycles. The van der Waals surface area contributed by atoms with Crippen LogP contribution in [-0.4, -0.2) is 55.7 Å². The molecule has 8 atom stereocenters. The number of ketones is 1. The average molecular weight is 382 g/mol. The van der Waals surface area contributed by atoms with Crippen LogP contribution in [0.3, 0.4) is 0 Å². The summed E-state index contributed by atoms with van der Waals surface area (Å²) in [5.74, 6) is -2.83. The minimum atomic E-state index is -2.42. The molecule has 0 amide bonds. The number of rotatable bonds is 1. The highest BCUT2D eigenvalue weighted by molar-refractivity contribution is 5.91. The third-order valence-corrected chi connectivity index (χ3v) is 8.59.